The Kier molecular flexibility index (Phi) is 4.00. The van der Waals surface area contributed by atoms with Crippen molar-refractivity contribution in [2.75, 3.05) is 6.61 Å². The number of nitrogens with zero attached hydrogens (tertiary/aromatic N) is 1. The topological polar surface area (TPSA) is 39.2 Å². The molecule has 0 saturated heterocycles. The molecule has 1 aromatic heterocycles. The Morgan fingerprint density at radius 2 is 2.36 bits per heavy atom. The minimum Gasteiger partial charge on any atom is -0.466 e. The Hall–Kier alpha value is -0.970. The van der Waals surface area contributed by atoms with E-state index in [-0.39, 0.29) is 6.42 Å². The van der Waals surface area contributed by atoms with Crippen molar-refractivity contribution in [3.05, 3.63) is 28.2 Å². The molecular formula is C9H9BrFNO2. The number of rotatable bonds is 3. The maximum absolute atomic E-state index is 12.7. The van der Waals surface area contributed by atoms with Gasteiger partial charge in [0.05, 0.1) is 18.7 Å². The molecule has 0 aliphatic rings. The lowest BCUT2D eigenvalue weighted by Gasteiger charge is -2.03. The van der Waals surface area contributed by atoms with Crippen molar-refractivity contribution in [2.45, 2.75) is 13.3 Å². The van der Waals surface area contributed by atoms with E-state index in [1.54, 1.807) is 6.92 Å². The molecule has 76 valence electrons. The highest BCUT2D eigenvalue weighted by atomic mass is 79.9. The van der Waals surface area contributed by atoms with Gasteiger partial charge in [0.25, 0.3) is 0 Å². The van der Waals surface area contributed by atoms with E-state index in [4.69, 9.17) is 4.74 Å². The van der Waals surface area contributed by atoms with Crippen LogP contribution in [0.1, 0.15) is 12.6 Å². The zero-order valence-corrected chi connectivity index (χ0v) is 9.17. The number of hydrogen-bond acceptors (Lipinski definition) is 3. The predicted molar refractivity (Wildman–Crippen MR) is 52.2 cm³/mol. The smallest absolute Gasteiger partial charge is 0.311 e. The quantitative estimate of drug-likeness (QED) is 0.618. The third-order valence-corrected chi connectivity index (χ3v) is 2.22. The minimum absolute atomic E-state index is 0.0216. The first-order chi connectivity index (χ1) is 6.63. The van der Waals surface area contributed by atoms with Gasteiger partial charge in [-0.3, -0.25) is 4.79 Å². The van der Waals surface area contributed by atoms with Gasteiger partial charge in [-0.15, -0.1) is 0 Å². The number of pyridine rings is 1. The Balaban J connectivity index is 2.75. The summed E-state index contributed by atoms with van der Waals surface area (Å²) < 4.78 is 18.0. The molecule has 0 amide bonds. The van der Waals surface area contributed by atoms with E-state index in [0.717, 1.165) is 0 Å². The summed E-state index contributed by atoms with van der Waals surface area (Å²) in [6.45, 7) is 2.03. The van der Waals surface area contributed by atoms with E-state index in [9.17, 15) is 9.18 Å². The summed E-state index contributed by atoms with van der Waals surface area (Å²) in [5.41, 5.74) is 0.350. The number of esters is 1. The van der Waals surface area contributed by atoms with E-state index in [1.165, 1.54) is 12.1 Å². The molecule has 0 fully saturated rings. The van der Waals surface area contributed by atoms with Crippen molar-refractivity contribution in [3.8, 4) is 0 Å². The summed E-state index contributed by atoms with van der Waals surface area (Å²) in [4.78, 5) is 14.7. The molecule has 0 aliphatic heterocycles. The molecular weight excluding hydrogens is 253 g/mol. The Bertz CT molecular complexity index is 344. The van der Waals surface area contributed by atoms with Gasteiger partial charge in [0.1, 0.15) is 0 Å². The van der Waals surface area contributed by atoms with E-state index in [0.29, 0.717) is 16.8 Å². The van der Waals surface area contributed by atoms with Crippen LogP contribution in [0.4, 0.5) is 4.39 Å². The maximum Gasteiger partial charge on any atom is 0.311 e. The first-order valence-corrected chi connectivity index (χ1v) is 4.89. The number of carbonyl (C=O) groups is 1. The van der Waals surface area contributed by atoms with Gasteiger partial charge in [0.2, 0.25) is 5.95 Å². The lowest BCUT2D eigenvalue weighted by atomic mass is 10.3. The van der Waals surface area contributed by atoms with Crippen molar-refractivity contribution in [1.29, 1.82) is 0 Å². The van der Waals surface area contributed by atoms with Crippen molar-refractivity contribution >= 4 is 21.9 Å². The van der Waals surface area contributed by atoms with Gasteiger partial charge in [-0.25, -0.2) is 4.98 Å². The summed E-state index contributed by atoms with van der Waals surface area (Å²) in [6.07, 6.45) is -0.0216. The van der Waals surface area contributed by atoms with Gasteiger partial charge in [-0.1, -0.05) is 0 Å². The molecule has 0 unspecified atom stereocenters. The molecule has 0 atom stereocenters. The monoisotopic (exact) mass is 261 g/mol. The molecule has 0 saturated carbocycles. The predicted octanol–water partition coefficient (Wildman–Crippen LogP) is 2.09. The van der Waals surface area contributed by atoms with Crippen LogP contribution in [-0.2, 0) is 16.0 Å². The molecule has 14 heavy (non-hydrogen) atoms. The third-order valence-electron chi connectivity index (χ3n) is 1.50. The molecule has 0 spiro atoms. The van der Waals surface area contributed by atoms with Crippen molar-refractivity contribution in [2.24, 2.45) is 0 Å². The van der Waals surface area contributed by atoms with E-state index >= 15 is 0 Å². The first-order valence-electron chi connectivity index (χ1n) is 4.10. The standard InChI is InChI=1S/C9H9BrFNO2/c1-2-14-9(13)5-7-6(10)3-4-8(11)12-7/h3-4H,2,5H2,1H3. The van der Waals surface area contributed by atoms with Crippen LogP contribution in [0.5, 0.6) is 0 Å². The number of carbonyl (C=O) groups excluding carboxylic acids is 1. The molecule has 1 aromatic rings. The van der Waals surface area contributed by atoms with Crippen LogP contribution in [0.25, 0.3) is 0 Å². The molecule has 0 N–H and O–H groups in total. The fraction of sp³-hybridized carbons (Fsp3) is 0.333. The summed E-state index contributed by atoms with van der Waals surface area (Å²) in [5.74, 6) is -1.02. The van der Waals surface area contributed by atoms with Gasteiger partial charge in [0, 0.05) is 4.47 Å². The molecule has 0 bridgehead atoms. The third kappa shape index (κ3) is 3.06. The zero-order chi connectivity index (χ0) is 10.6. The molecule has 0 radical (unpaired) electrons. The maximum atomic E-state index is 12.7. The van der Waals surface area contributed by atoms with Crippen LogP contribution in [0.3, 0.4) is 0 Å². The number of aromatic nitrogens is 1. The van der Waals surface area contributed by atoms with E-state index < -0.39 is 11.9 Å². The Morgan fingerprint density at radius 3 is 3.00 bits per heavy atom. The van der Waals surface area contributed by atoms with Crippen LogP contribution in [0.2, 0.25) is 0 Å². The largest absolute Gasteiger partial charge is 0.466 e. The lowest BCUT2D eigenvalue weighted by molar-refractivity contribution is -0.142. The molecule has 3 nitrogen and oxygen atoms in total. The summed E-state index contributed by atoms with van der Waals surface area (Å²) >= 11 is 3.17. The van der Waals surface area contributed by atoms with Crippen LogP contribution in [-0.4, -0.2) is 17.6 Å². The molecule has 5 heteroatoms. The molecule has 1 rings (SSSR count). The van der Waals surface area contributed by atoms with E-state index in [1.807, 2.05) is 0 Å². The molecule has 0 aromatic carbocycles. The average Bonchev–Trinajstić information content (AvgIpc) is 2.12. The Labute approximate surface area is 89.4 Å². The van der Waals surface area contributed by atoms with Crippen molar-refractivity contribution < 1.29 is 13.9 Å². The SMILES string of the molecule is CCOC(=O)Cc1nc(F)ccc1Br. The minimum atomic E-state index is -0.604. The molecule has 1 heterocycles. The highest BCUT2D eigenvalue weighted by molar-refractivity contribution is 9.10. The summed E-state index contributed by atoms with van der Waals surface area (Å²) in [5, 5.41) is 0. The van der Waals surface area contributed by atoms with Crippen LogP contribution in [0, 0.1) is 5.95 Å². The van der Waals surface area contributed by atoms with Crippen LogP contribution in [0.15, 0.2) is 16.6 Å². The lowest BCUT2D eigenvalue weighted by Crippen LogP contribution is -2.09. The summed E-state index contributed by atoms with van der Waals surface area (Å²) in [6, 6.07) is 2.73. The highest BCUT2D eigenvalue weighted by Crippen LogP contribution is 2.15. The van der Waals surface area contributed by atoms with E-state index in [2.05, 4.69) is 20.9 Å². The van der Waals surface area contributed by atoms with Gasteiger partial charge < -0.3 is 4.74 Å². The number of ether oxygens (including phenoxy) is 1. The van der Waals surface area contributed by atoms with Gasteiger partial charge in [0.15, 0.2) is 0 Å². The second-order valence-electron chi connectivity index (χ2n) is 2.54. The second-order valence-corrected chi connectivity index (χ2v) is 3.40. The van der Waals surface area contributed by atoms with Gasteiger partial charge in [-0.05, 0) is 35.0 Å². The van der Waals surface area contributed by atoms with Crippen LogP contribution >= 0.6 is 15.9 Å². The number of halogens is 2. The fourth-order valence-corrected chi connectivity index (χ4v) is 1.29. The molecule has 0 aliphatic carbocycles. The van der Waals surface area contributed by atoms with Crippen molar-refractivity contribution in [1.82, 2.24) is 4.98 Å². The fourth-order valence-electron chi connectivity index (χ4n) is 0.930. The normalized spacial score (nSPS) is 9.93. The van der Waals surface area contributed by atoms with Crippen LogP contribution < -0.4 is 0 Å². The van der Waals surface area contributed by atoms with Gasteiger partial charge in [-0.2, -0.15) is 4.39 Å². The van der Waals surface area contributed by atoms with Crippen molar-refractivity contribution in [3.63, 3.8) is 0 Å². The van der Waals surface area contributed by atoms with Gasteiger partial charge >= 0.3 is 5.97 Å². The number of hydrogen-bond donors (Lipinski definition) is 0. The summed E-state index contributed by atoms with van der Waals surface area (Å²) in [7, 11) is 0. The highest BCUT2D eigenvalue weighted by Gasteiger charge is 2.09. The zero-order valence-electron chi connectivity index (χ0n) is 7.59. The second kappa shape index (κ2) is 5.05. The Morgan fingerprint density at radius 1 is 1.64 bits per heavy atom. The first kappa shape index (κ1) is 11.1. The average molecular weight is 262 g/mol.